The van der Waals surface area contributed by atoms with Gasteiger partial charge in [0.15, 0.2) is 0 Å². The average molecular weight is 553 g/mol. The highest BCUT2D eigenvalue weighted by Crippen LogP contribution is 2.42. The van der Waals surface area contributed by atoms with Crippen molar-refractivity contribution in [3.05, 3.63) is 76.6 Å². The van der Waals surface area contributed by atoms with Gasteiger partial charge in [0.05, 0.1) is 36.0 Å². The summed E-state index contributed by atoms with van der Waals surface area (Å²) in [7, 11) is 0. The molecule has 3 aromatic carbocycles. The monoisotopic (exact) mass is 552 g/mol. The Balaban J connectivity index is 1.31. The van der Waals surface area contributed by atoms with E-state index in [1.807, 2.05) is 51.1 Å². The summed E-state index contributed by atoms with van der Waals surface area (Å²) in [4.78, 5) is 16.8. The molecule has 0 bridgehead atoms. The molecule has 0 unspecified atom stereocenters. The second-order valence-corrected chi connectivity index (χ2v) is 10.6. The summed E-state index contributed by atoms with van der Waals surface area (Å²) in [6.45, 7) is 9.65. The van der Waals surface area contributed by atoms with Gasteiger partial charge in [-0.05, 0) is 73.9 Å². The number of carbonyl (C=O) groups excluding carboxylic acids is 1. The number of aryl methyl sites for hydroxylation is 1. The van der Waals surface area contributed by atoms with Crippen LogP contribution in [0.1, 0.15) is 37.8 Å². The van der Waals surface area contributed by atoms with Gasteiger partial charge in [0.1, 0.15) is 22.9 Å². The predicted octanol–water partition coefficient (Wildman–Crippen LogP) is 7.24. The highest BCUT2D eigenvalue weighted by atomic mass is 35.5. The van der Waals surface area contributed by atoms with E-state index >= 15 is 0 Å². The lowest BCUT2D eigenvalue weighted by molar-refractivity contribution is -0.00100. The molecule has 1 spiro atoms. The summed E-state index contributed by atoms with van der Waals surface area (Å²) in [5.74, 6) is 1.15. The second-order valence-electron chi connectivity index (χ2n) is 10.2. The summed E-state index contributed by atoms with van der Waals surface area (Å²) in [6.07, 6.45) is 1.14. The zero-order valence-corrected chi connectivity index (χ0v) is 23.4. The maximum atomic E-state index is 13.6. The lowest BCUT2D eigenvalue weighted by atomic mass is 9.91. The third-order valence-corrected chi connectivity index (χ3v) is 7.70. The molecule has 6 nitrogen and oxygen atoms in total. The smallest absolute Gasteiger partial charge is 0.415 e. The molecule has 0 saturated carbocycles. The van der Waals surface area contributed by atoms with Crippen LogP contribution in [0.25, 0.3) is 11.1 Å². The fourth-order valence-corrected chi connectivity index (χ4v) is 5.79. The van der Waals surface area contributed by atoms with Gasteiger partial charge in [0.2, 0.25) is 0 Å². The summed E-state index contributed by atoms with van der Waals surface area (Å²) in [5, 5.41) is 0.556. The number of hydrogen-bond acceptors (Lipinski definition) is 5. The molecule has 0 atom stereocenters. The number of anilines is 1. The maximum Gasteiger partial charge on any atom is 0.415 e. The Morgan fingerprint density at radius 1 is 0.974 bits per heavy atom. The maximum absolute atomic E-state index is 13.6. The van der Waals surface area contributed by atoms with Gasteiger partial charge in [-0.2, -0.15) is 0 Å². The van der Waals surface area contributed by atoms with E-state index in [0.717, 1.165) is 48.2 Å². The number of benzene rings is 3. The van der Waals surface area contributed by atoms with E-state index in [0.29, 0.717) is 48.5 Å². The molecule has 1 amide bonds. The standard InChI is InChI=1S/C31H34ClFN2O4/c1-4-37-27-17-22(18-28(38-5-2)29(27)23-7-9-24(33)10-8-23)19-34-14-12-31(13-15-34)20-35(30(36)39-31)26-11-6-21(3)16-25(26)32/h6-11,16-18H,4-5,12-15,19-20H2,1-3H3. The second kappa shape index (κ2) is 11.4. The molecular weight excluding hydrogens is 519 g/mol. The molecule has 0 aliphatic carbocycles. The topological polar surface area (TPSA) is 51.2 Å². The van der Waals surface area contributed by atoms with Crippen LogP contribution < -0.4 is 14.4 Å². The van der Waals surface area contributed by atoms with Gasteiger partial charge in [-0.15, -0.1) is 0 Å². The number of likely N-dealkylation sites (tertiary alicyclic amines) is 1. The summed E-state index contributed by atoms with van der Waals surface area (Å²) < 4.78 is 31.6. The highest BCUT2D eigenvalue weighted by Gasteiger charge is 2.47. The van der Waals surface area contributed by atoms with Crippen molar-refractivity contribution in [3.8, 4) is 22.6 Å². The first-order chi connectivity index (χ1) is 18.8. The quantitative estimate of drug-likeness (QED) is 0.295. The molecule has 2 aliphatic heterocycles. The SMILES string of the molecule is CCOc1cc(CN2CCC3(CC2)CN(c2ccc(C)cc2Cl)C(=O)O3)cc(OCC)c1-c1ccc(F)cc1. The lowest BCUT2D eigenvalue weighted by Crippen LogP contribution is -2.46. The zero-order chi connectivity index (χ0) is 27.6. The minimum atomic E-state index is -0.513. The van der Waals surface area contributed by atoms with E-state index in [4.69, 9.17) is 25.8 Å². The molecule has 0 N–H and O–H groups in total. The zero-order valence-electron chi connectivity index (χ0n) is 22.6. The Kier molecular flexibility index (Phi) is 8.01. The summed E-state index contributed by atoms with van der Waals surface area (Å²) in [5.41, 5.74) is 3.97. The van der Waals surface area contributed by atoms with Gasteiger partial charge in [0.25, 0.3) is 0 Å². The minimum Gasteiger partial charge on any atom is -0.493 e. The summed E-state index contributed by atoms with van der Waals surface area (Å²) >= 11 is 6.45. The minimum absolute atomic E-state index is 0.285. The molecule has 0 aromatic heterocycles. The molecule has 2 aliphatic rings. The number of hydrogen-bond donors (Lipinski definition) is 0. The Morgan fingerprint density at radius 3 is 2.21 bits per heavy atom. The normalized spacial score (nSPS) is 16.9. The van der Waals surface area contributed by atoms with Crippen LogP contribution in [0.2, 0.25) is 5.02 Å². The fourth-order valence-electron chi connectivity index (χ4n) is 5.45. The van der Waals surface area contributed by atoms with Gasteiger partial charge in [-0.25, -0.2) is 9.18 Å². The Bertz CT molecular complexity index is 1310. The van der Waals surface area contributed by atoms with Crippen LogP contribution in [0.5, 0.6) is 11.5 Å². The molecule has 206 valence electrons. The van der Waals surface area contributed by atoms with Crippen LogP contribution in [0.15, 0.2) is 54.6 Å². The Morgan fingerprint density at radius 2 is 1.62 bits per heavy atom. The third-order valence-electron chi connectivity index (χ3n) is 7.40. The molecular formula is C31H34ClFN2O4. The van der Waals surface area contributed by atoms with Gasteiger partial charge >= 0.3 is 6.09 Å². The van der Waals surface area contributed by atoms with Crippen LogP contribution >= 0.6 is 11.6 Å². The van der Waals surface area contributed by atoms with Crippen LogP contribution in [-0.2, 0) is 11.3 Å². The average Bonchev–Trinajstić information content (AvgIpc) is 3.22. The largest absolute Gasteiger partial charge is 0.493 e. The number of carbonyl (C=O) groups is 1. The molecule has 39 heavy (non-hydrogen) atoms. The van der Waals surface area contributed by atoms with Crippen molar-refractivity contribution in [1.29, 1.82) is 0 Å². The van der Waals surface area contributed by atoms with Crippen molar-refractivity contribution in [1.82, 2.24) is 4.90 Å². The molecule has 2 fully saturated rings. The summed E-state index contributed by atoms with van der Waals surface area (Å²) in [6, 6.07) is 16.2. The van der Waals surface area contributed by atoms with E-state index in [2.05, 4.69) is 4.90 Å². The first-order valence-electron chi connectivity index (χ1n) is 13.5. The predicted molar refractivity (Wildman–Crippen MR) is 151 cm³/mol. The van der Waals surface area contributed by atoms with E-state index in [1.165, 1.54) is 12.1 Å². The van der Waals surface area contributed by atoms with Gasteiger partial charge in [0, 0.05) is 32.5 Å². The first kappa shape index (κ1) is 27.3. The molecule has 2 heterocycles. The van der Waals surface area contributed by atoms with Crippen molar-refractivity contribution >= 4 is 23.4 Å². The van der Waals surface area contributed by atoms with Crippen molar-refractivity contribution in [2.75, 3.05) is 37.7 Å². The van der Waals surface area contributed by atoms with E-state index in [-0.39, 0.29) is 11.9 Å². The third kappa shape index (κ3) is 5.85. The Hall–Kier alpha value is -3.29. The van der Waals surface area contributed by atoms with Gasteiger partial charge in [-0.3, -0.25) is 9.80 Å². The lowest BCUT2D eigenvalue weighted by Gasteiger charge is -2.37. The van der Waals surface area contributed by atoms with Crippen molar-refractivity contribution < 1.29 is 23.4 Å². The van der Waals surface area contributed by atoms with Crippen molar-refractivity contribution in [3.63, 3.8) is 0 Å². The molecule has 0 radical (unpaired) electrons. The van der Waals surface area contributed by atoms with Gasteiger partial charge in [-0.1, -0.05) is 29.8 Å². The molecule has 3 aromatic rings. The van der Waals surface area contributed by atoms with Crippen LogP contribution in [0.4, 0.5) is 14.9 Å². The number of rotatable bonds is 8. The van der Waals surface area contributed by atoms with Crippen molar-refractivity contribution in [2.45, 2.75) is 45.8 Å². The van der Waals surface area contributed by atoms with E-state index in [1.54, 1.807) is 17.0 Å². The van der Waals surface area contributed by atoms with Gasteiger partial charge < -0.3 is 14.2 Å². The number of amides is 1. The molecule has 5 rings (SSSR count). The van der Waals surface area contributed by atoms with Crippen LogP contribution in [-0.4, -0.2) is 49.4 Å². The van der Waals surface area contributed by atoms with E-state index in [9.17, 15) is 9.18 Å². The number of ether oxygens (including phenoxy) is 3. The molecule has 8 heteroatoms. The van der Waals surface area contributed by atoms with Crippen LogP contribution in [0, 0.1) is 12.7 Å². The number of piperidine rings is 1. The number of nitrogens with zero attached hydrogens (tertiary/aromatic N) is 2. The Labute approximate surface area is 234 Å². The fraction of sp³-hybridized carbons (Fsp3) is 0.387. The van der Waals surface area contributed by atoms with E-state index < -0.39 is 5.60 Å². The first-order valence-corrected chi connectivity index (χ1v) is 13.9. The van der Waals surface area contributed by atoms with Crippen molar-refractivity contribution in [2.24, 2.45) is 0 Å². The molecule has 2 saturated heterocycles. The van der Waals surface area contributed by atoms with Crippen LogP contribution in [0.3, 0.4) is 0 Å². The number of halogens is 2. The highest BCUT2D eigenvalue weighted by molar-refractivity contribution is 6.33.